The van der Waals surface area contributed by atoms with E-state index in [2.05, 4.69) is 10.3 Å². The van der Waals surface area contributed by atoms with Gasteiger partial charge in [0.25, 0.3) is 0 Å². The number of nitrogens with zero attached hydrogens (tertiary/aromatic N) is 1. The van der Waals surface area contributed by atoms with E-state index in [0.717, 1.165) is 0 Å². The number of aliphatic hydroxyl groups excluding tert-OH is 1. The molecule has 1 aliphatic rings. The molecule has 0 fully saturated rings. The van der Waals surface area contributed by atoms with Crippen molar-refractivity contribution in [3.05, 3.63) is 52.6 Å². The molecule has 1 atom stereocenters. The average molecular weight is 304 g/mol. The third kappa shape index (κ3) is 2.71. The third-order valence-corrected chi connectivity index (χ3v) is 3.48. The fourth-order valence-electron chi connectivity index (χ4n) is 2.54. The van der Waals surface area contributed by atoms with Gasteiger partial charge in [0.15, 0.2) is 0 Å². The molecule has 2 rings (SSSR count). The monoisotopic (exact) mass is 304 g/mol. The summed E-state index contributed by atoms with van der Waals surface area (Å²) in [5, 5.41) is 21.8. The van der Waals surface area contributed by atoms with Gasteiger partial charge in [-0.25, -0.2) is 9.59 Å². The number of aliphatic carboxylic acids is 1. The SMILES string of the molecule is COC(=O)C1=C(CO)NC(C)=C(C(=O)O)C1c1ccncc1. The number of hydrogen-bond acceptors (Lipinski definition) is 6. The van der Waals surface area contributed by atoms with E-state index >= 15 is 0 Å². The summed E-state index contributed by atoms with van der Waals surface area (Å²) in [7, 11) is 1.21. The van der Waals surface area contributed by atoms with Gasteiger partial charge in [-0.15, -0.1) is 0 Å². The van der Waals surface area contributed by atoms with Gasteiger partial charge >= 0.3 is 11.9 Å². The van der Waals surface area contributed by atoms with Crippen molar-refractivity contribution in [1.82, 2.24) is 10.3 Å². The number of pyridine rings is 1. The van der Waals surface area contributed by atoms with Gasteiger partial charge in [-0.3, -0.25) is 4.98 Å². The van der Waals surface area contributed by atoms with Crippen LogP contribution in [-0.4, -0.2) is 40.9 Å². The van der Waals surface area contributed by atoms with E-state index in [1.807, 2.05) is 0 Å². The maximum absolute atomic E-state index is 12.1. The minimum Gasteiger partial charge on any atom is -0.478 e. The number of allylic oxidation sites excluding steroid dienone is 1. The molecule has 0 aromatic carbocycles. The quantitative estimate of drug-likeness (QED) is 0.697. The minimum absolute atomic E-state index is 0.0313. The first-order valence-electron chi connectivity index (χ1n) is 6.54. The highest BCUT2D eigenvalue weighted by molar-refractivity contribution is 5.99. The molecular weight excluding hydrogens is 288 g/mol. The molecule has 0 amide bonds. The number of carbonyl (C=O) groups is 2. The summed E-state index contributed by atoms with van der Waals surface area (Å²) in [6.07, 6.45) is 3.03. The highest BCUT2D eigenvalue weighted by Crippen LogP contribution is 2.38. The van der Waals surface area contributed by atoms with Crippen LogP contribution in [0.4, 0.5) is 0 Å². The van der Waals surface area contributed by atoms with E-state index in [1.165, 1.54) is 19.5 Å². The van der Waals surface area contributed by atoms with Crippen LogP contribution in [-0.2, 0) is 14.3 Å². The lowest BCUT2D eigenvalue weighted by atomic mass is 9.80. The standard InChI is InChI=1S/C15H16N2O5/c1-8-11(14(19)20)12(9-3-5-16-6-4-9)13(15(21)22-2)10(7-18)17-8/h3-6,12,17-18H,7H2,1-2H3,(H,19,20). The van der Waals surface area contributed by atoms with E-state index in [0.29, 0.717) is 11.3 Å². The first kappa shape index (κ1) is 15.7. The van der Waals surface area contributed by atoms with Crippen molar-refractivity contribution in [2.24, 2.45) is 0 Å². The number of ether oxygens (including phenoxy) is 1. The number of nitrogens with one attached hydrogen (secondary N) is 1. The highest BCUT2D eigenvalue weighted by Gasteiger charge is 2.37. The van der Waals surface area contributed by atoms with E-state index in [-0.39, 0.29) is 16.8 Å². The Bertz CT molecular complexity index is 664. The Hall–Kier alpha value is -2.67. The number of aliphatic hydroxyl groups is 1. The van der Waals surface area contributed by atoms with Crippen LogP contribution in [0.5, 0.6) is 0 Å². The van der Waals surface area contributed by atoms with Crippen LogP contribution in [0, 0.1) is 0 Å². The molecule has 0 saturated carbocycles. The zero-order valence-electron chi connectivity index (χ0n) is 12.2. The van der Waals surface area contributed by atoms with Crippen LogP contribution < -0.4 is 5.32 Å². The summed E-state index contributed by atoms with van der Waals surface area (Å²) in [4.78, 5) is 27.7. The Kier molecular flexibility index (Phi) is 4.57. The van der Waals surface area contributed by atoms with Gasteiger partial charge in [-0.2, -0.15) is 0 Å². The number of rotatable bonds is 4. The normalized spacial score (nSPS) is 18.0. The van der Waals surface area contributed by atoms with Crippen molar-refractivity contribution >= 4 is 11.9 Å². The van der Waals surface area contributed by atoms with Gasteiger partial charge in [-0.1, -0.05) is 0 Å². The van der Waals surface area contributed by atoms with Crippen molar-refractivity contribution in [3.63, 3.8) is 0 Å². The number of carboxylic acid groups (broad SMARTS) is 1. The zero-order valence-corrected chi connectivity index (χ0v) is 12.2. The summed E-state index contributed by atoms with van der Waals surface area (Å²) in [6.45, 7) is 1.15. The van der Waals surface area contributed by atoms with Crippen LogP contribution in [0.2, 0.25) is 0 Å². The molecule has 1 aliphatic heterocycles. The molecule has 1 aromatic rings. The van der Waals surface area contributed by atoms with Gasteiger partial charge in [0.05, 0.1) is 36.5 Å². The fourth-order valence-corrected chi connectivity index (χ4v) is 2.54. The highest BCUT2D eigenvalue weighted by atomic mass is 16.5. The third-order valence-electron chi connectivity index (χ3n) is 3.48. The van der Waals surface area contributed by atoms with Gasteiger partial charge in [0.1, 0.15) is 0 Å². The lowest BCUT2D eigenvalue weighted by Crippen LogP contribution is -2.33. The number of carboxylic acids is 1. The molecule has 0 radical (unpaired) electrons. The number of dihydropyridines is 1. The minimum atomic E-state index is -1.15. The molecule has 22 heavy (non-hydrogen) atoms. The van der Waals surface area contributed by atoms with Gasteiger partial charge in [0, 0.05) is 18.1 Å². The van der Waals surface area contributed by atoms with Gasteiger partial charge in [-0.05, 0) is 24.6 Å². The summed E-state index contributed by atoms with van der Waals surface area (Å²) in [5.74, 6) is -2.67. The van der Waals surface area contributed by atoms with Crippen LogP contribution >= 0.6 is 0 Å². The first-order valence-corrected chi connectivity index (χ1v) is 6.54. The molecule has 2 heterocycles. The van der Waals surface area contributed by atoms with E-state index < -0.39 is 24.5 Å². The number of carbonyl (C=O) groups excluding carboxylic acids is 1. The molecule has 7 nitrogen and oxygen atoms in total. The van der Waals surface area contributed by atoms with Crippen LogP contribution in [0.15, 0.2) is 47.1 Å². The number of aromatic nitrogens is 1. The van der Waals surface area contributed by atoms with E-state index in [1.54, 1.807) is 19.1 Å². The molecule has 1 aromatic heterocycles. The van der Waals surface area contributed by atoms with Crippen molar-refractivity contribution < 1.29 is 24.5 Å². The maximum Gasteiger partial charge on any atom is 0.336 e. The van der Waals surface area contributed by atoms with Gasteiger partial charge < -0.3 is 20.3 Å². The predicted molar refractivity (Wildman–Crippen MR) is 76.6 cm³/mol. The Labute approximate surface area is 126 Å². The smallest absolute Gasteiger partial charge is 0.336 e. The Morgan fingerprint density at radius 2 is 1.95 bits per heavy atom. The van der Waals surface area contributed by atoms with Crippen molar-refractivity contribution in [2.75, 3.05) is 13.7 Å². The largest absolute Gasteiger partial charge is 0.478 e. The molecule has 0 saturated heterocycles. The van der Waals surface area contributed by atoms with Crippen molar-refractivity contribution in [3.8, 4) is 0 Å². The fraction of sp³-hybridized carbons (Fsp3) is 0.267. The molecule has 1 unspecified atom stereocenters. The van der Waals surface area contributed by atoms with E-state index in [9.17, 15) is 19.8 Å². The molecule has 0 aliphatic carbocycles. The first-order chi connectivity index (χ1) is 10.5. The van der Waals surface area contributed by atoms with Crippen LogP contribution in [0.25, 0.3) is 0 Å². The Morgan fingerprint density at radius 3 is 2.45 bits per heavy atom. The number of esters is 1. The number of methoxy groups -OCH3 is 1. The number of hydrogen-bond donors (Lipinski definition) is 3. The Morgan fingerprint density at radius 1 is 1.32 bits per heavy atom. The molecular formula is C15H16N2O5. The second kappa shape index (κ2) is 6.40. The summed E-state index contributed by atoms with van der Waals surface area (Å²) in [6, 6.07) is 3.26. The Balaban J connectivity index is 2.70. The molecule has 3 N–H and O–H groups in total. The molecule has 0 bridgehead atoms. The summed E-state index contributed by atoms with van der Waals surface area (Å²) < 4.78 is 4.76. The second-order valence-electron chi connectivity index (χ2n) is 4.72. The molecule has 116 valence electrons. The van der Waals surface area contributed by atoms with Crippen molar-refractivity contribution in [1.29, 1.82) is 0 Å². The lowest BCUT2D eigenvalue weighted by Gasteiger charge is -2.29. The van der Waals surface area contributed by atoms with Gasteiger partial charge in [0.2, 0.25) is 0 Å². The average Bonchev–Trinajstić information content (AvgIpc) is 2.53. The lowest BCUT2D eigenvalue weighted by molar-refractivity contribution is -0.136. The topological polar surface area (TPSA) is 109 Å². The zero-order chi connectivity index (χ0) is 16.3. The van der Waals surface area contributed by atoms with Crippen LogP contribution in [0.1, 0.15) is 18.4 Å². The second-order valence-corrected chi connectivity index (χ2v) is 4.72. The van der Waals surface area contributed by atoms with Crippen LogP contribution in [0.3, 0.4) is 0 Å². The maximum atomic E-state index is 12.1. The van der Waals surface area contributed by atoms with E-state index in [4.69, 9.17) is 4.74 Å². The predicted octanol–water partition coefficient (Wildman–Crippen LogP) is 0.546. The summed E-state index contributed by atoms with van der Waals surface area (Å²) in [5.41, 5.74) is 1.30. The molecule has 0 spiro atoms. The van der Waals surface area contributed by atoms with Crippen molar-refractivity contribution in [2.45, 2.75) is 12.8 Å². The summed E-state index contributed by atoms with van der Waals surface area (Å²) >= 11 is 0. The molecule has 7 heteroatoms.